The van der Waals surface area contributed by atoms with Crippen molar-refractivity contribution in [3.05, 3.63) is 28.8 Å². The van der Waals surface area contributed by atoms with Gasteiger partial charge in [-0.1, -0.05) is 43.0 Å². The molecule has 0 aliphatic heterocycles. The zero-order chi connectivity index (χ0) is 11.6. The first kappa shape index (κ1) is 11.7. The lowest BCUT2D eigenvalue weighted by atomic mass is 9.79. The number of benzene rings is 1. The molecule has 1 aliphatic rings. The maximum atomic E-state index is 10.6. The third kappa shape index (κ3) is 2.04. The first-order chi connectivity index (χ1) is 7.67. The van der Waals surface area contributed by atoms with Crippen LogP contribution in [0.2, 0.25) is 5.02 Å². The maximum absolute atomic E-state index is 10.6. The molecule has 0 heterocycles. The van der Waals surface area contributed by atoms with Crippen LogP contribution in [-0.4, -0.2) is 12.2 Å². The molecule has 0 spiro atoms. The third-order valence-corrected chi connectivity index (χ3v) is 3.65. The van der Waals surface area contributed by atoms with Crippen molar-refractivity contribution in [1.82, 2.24) is 0 Å². The fourth-order valence-corrected chi connectivity index (χ4v) is 2.74. The van der Waals surface area contributed by atoms with E-state index in [2.05, 4.69) is 0 Å². The maximum Gasteiger partial charge on any atom is 0.143 e. The van der Waals surface area contributed by atoms with Crippen molar-refractivity contribution in [2.75, 3.05) is 7.11 Å². The molecule has 1 N–H and O–H groups in total. The SMILES string of the molecule is COc1c(Cl)cccc1C1(O)CCCCC1. The third-order valence-electron chi connectivity index (χ3n) is 3.35. The van der Waals surface area contributed by atoms with E-state index in [-0.39, 0.29) is 0 Å². The van der Waals surface area contributed by atoms with Crippen molar-refractivity contribution in [3.8, 4) is 5.75 Å². The smallest absolute Gasteiger partial charge is 0.143 e. The molecule has 3 heteroatoms. The van der Waals surface area contributed by atoms with E-state index in [9.17, 15) is 5.11 Å². The van der Waals surface area contributed by atoms with Gasteiger partial charge in [-0.25, -0.2) is 0 Å². The van der Waals surface area contributed by atoms with Gasteiger partial charge in [-0.2, -0.15) is 0 Å². The number of ether oxygens (including phenoxy) is 1. The fraction of sp³-hybridized carbons (Fsp3) is 0.538. The molecule has 2 nitrogen and oxygen atoms in total. The monoisotopic (exact) mass is 240 g/mol. The standard InChI is InChI=1S/C13H17ClO2/c1-16-12-10(6-5-7-11(12)14)13(15)8-3-2-4-9-13/h5-7,15H,2-4,8-9H2,1H3. The van der Waals surface area contributed by atoms with E-state index < -0.39 is 5.60 Å². The quantitative estimate of drug-likeness (QED) is 0.858. The van der Waals surface area contributed by atoms with E-state index >= 15 is 0 Å². The Morgan fingerprint density at radius 2 is 1.94 bits per heavy atom. The molecule has 0 unspecified atom stereocenters. The minimum atomic E-state index is -0.755. The highest BCUT2D eigenvalue weighted by Gasteiger charge is 2.34. The number of hydrogen-bond acceptors (Lipinski definition) is 2. The molecular weight excluding hydrogens is 224 g/mol. The van der Waals surface area contributed by atoms with Crippen molar-refractivity contribution < 1.29 is 9.84 Å². The molecule has 1 aromatic rings. The van der Waals surface area contributed by atoms with Crippen molar-refractivity contribution in [2.24, 2.45) is 0 Å². The Morgan fingerprint density at radius 3 is 2.56 bits per heavy atom. The Morgan fingerprint density at radius 1 is 1.25 bits per heavy atom. The van der Waals surface area contributed by atoms with E-state index in [1.54, 1.807) is 13.2 Å². The van der Waals surface area contributed by atoms with Crippen molar-refractivity contribution in [2.45, 2.75) is 37.7 Å². The van der Waals surface area contributed by atoms with Crippen molar-refractivity contribution in [1.29, 1.82) is 0 Å². The average Bonchev–Trinajstić information content (AvgIpc) is 2.29. The summed E-state index contributed by atoms with van der Waals surface area (Å²) in [6, 6.07) is 5.57. The van der Waals surface area contributed by atoms with Crippen LogP contribution in [0.15, 0.2) is 18.2 Å². The average molecular weight is 241 g/mol. The summed E-state index contributed by atoms with van der Waals surface area (Å²) >= 11 is 6.07. The molecule has 1 fully saturated rings. The number of rotatable bonds is 2. The Balaban J connectivity index is 2.41. The molecule has 0 amide bonds. The second-order valence-corrected chi connectivity index (χ2v) is 4.82. The Labute approximate surface area is 101 Å². The lowest BCUT2D eigenvalue weighted by Gasteiger charge is -2.33. The Bertz CT molecular complexity index is 370. The van der Waals surface area contributed by atoms with Crippen molar-refractivity contribution in [3.63, 3.8) is 0 Å². The first-order valence-electron chi connectivity index (χ1n) is 5.73. The highest BCUT2D eigenvalue weighted by Crippen LogP contribution is 2.43. The van der Waals surface area contributed by atoms with Crippen LogP contribution in [0.1, 0.15) is 37.7 Å². The summed E-state index contributed by atoms with van der Waals surface area (Å²) in [7, 11) is 1.59. The summed E-state index contributed by atoms with van der Waals surface area (Å²) in [6.07, 6.45) is 4.91. The molecule has 1 aliphatic carbocycles. The molecule has 0 atom stereocenters. The van der Waals surface area contributed by atoms with Gasteiger partial charge in [0.1, 0.15) is 5.75 Å². The van der Waals surface area contributed by atoms with E-state index in [0.29, 0.717) is 10.8 Å². The van der Waals surface area contributed by atoms with Crippen LogP contribution in [-0.2, 0) is 5.60 Å². The molecule has 2 rings (SSSR count). The van der Waals surface area contributed by atoms with Crippen LogP contribution < -0.4 is 4.74 Å². The number of aliphatic hydroxyl groups is 1. The van der Waals surface area contributed by atoms with Crippen LogP contribution in [0, 0.1) is 0 Å². The Kier molecular flexibility index (Phi) is 3.41. The number of hydrogen-bond donors (Lipinski definition) is 1. The van der Waals surface area contributed by atoms with E-state index in [4.69, 9.17) is 16.3 Å². The molecule has 1 aromatic carbocycles. The Hall–Kier alpha value is -0.730. The summed E-state index contributed by atoms with van der Waals surface area (Å²) in [5, 5.41) is 11.2. The molecule has 16 heavy (non-hydrogen) atoms. The number of methoxy groups -OCH3 is 1. The summed E-state index contributed by atoms with van der Waals surface area (Å²) in [6.45, 7) is 0. The predicted octanol–water partition coefficient (Wildman–Crippen LogP) is 3.50. The summed E-state index contributed by atoms with van der Waals surface area (Å²) in [5.74, 6) is 0.619. The molecule has 0 radical (unpaired) electrons. The van der Waals surface area contributed by atoms with Crippen molar-refractivity contribution >= 4 is 11.6 Å². The highest BCUT2D eigenvalue weighted by molar-refractivity contribution is 6.32. The van der Waals surface area contributed by atoms with Crippen LogP contribution in [0.25, 0.3) is 0 Å². The molecule has 88 valence electrons. The van der Waals surface area contributed by atoms with Crippen LogP contribution in [0.4, 0.5) is 0 Å². The molecule has 0 bridgehead atoms. The van der Waals surface area contributed by atoms with Gasteiger partial charge in [-0.3, -0.25) is 0 Å². The van der Waals surface area contributed by atoms with E-state index in [1.165, 1.54) is 6.42 Å². The lowest BCUT2D eigenvalue weighted by Crippen LogP contribution is -2.29. The largest absolute Gasteiger partial charge is 0.495 e. The first-order valence-corrected chi connectivity index (χ1v) is 6.10. The van der Waals surface area contributed by atoms with Gasteiger partial charge in [-0.15, -0.1) is 0 Å². The second-order valence-electron chi connectivity index (χ2n) is 4.41. The molecule has 0 aromatic heterocycles. The molecular formula is C13H17ClO2. The van der Waals surface area contributed by atoms with Crippen LogP contribution in [0.3, 0.4) is 0 Å². The summed E-state index contributed by atoms with van der Waals surface area (Å²) in [5.41, 5.74) is 0.0799. The topological polar surface area (TPSA) is 29.5 Å². The zero-order valence-electron chi connectivity index (χ0n) is 9.50. The van der Waals surface area contributed by atoms with Gasteiger partial charge < -0.3 is 9.84 Å². The highest BCUT2D eigenvalue weighted by atomic mass is 35.5. The van der Waals surface area contributed by atoms with E-state index in [1.807, 2.05) is 12.1 Å². The molecule has 1 saturated carbocycles. The minimum Gasteiger partial charge on any atom is -0.495 e. The number of halogens is 1. The second kappa shape index (κ2) is 4.64. The fourth-order valence-electron chi connectivity index (χ4n) is 2.49. The van der Waals surface area contributed by atoms with Gasteiger partial charge in [0.25, 0.3) is 0 Å². The van der Waals surface area contributed by atoms with Gasteiger partial charge >= 0.3 is 0 Å². The van der Waals surface area contributed by atoms with E-state index in [0.717, 1.165) is 31.2 Å². The summed E-state index contributed by atoms with van der Waals surface area (Å²) in [4.78, 5) is 0. The van der Waals surface area contributed by atoms with Gasteiger partial charge in [0, 0.05) is 5.56 Å². The number of para-hydroxylation sites is 1. The minimum absolute atomic E-state index is 0.569. The van der Waals surface area contributed by atoms with Gasteiger partial charge in [0.05, 0.1) is 17.7 Å². The predicted molar refractivity (Wildman–Crippen MR) is 65.0 cm³/mol. The zero-order valence-corrected chi connectivity index (χ0v) is 10.3. The van der Waals surface area contributed by atoms with Gasteiger partial charge in [0.15, 0.2) is 0 Å². The summed E-state index contributed by atoms with van der Waals surface area (Å²) < 4.78 is 5.30. The normalized spacial score (nSPS) is 19.4. The van der Waals surface area contributed by atoms with Gasteiger partial charge in [-0.05, 0) is 18.9 Å². The van der Waals surface area contributed by atoms with Crippen LogP contribution in [0.5, 0.6) is 5.75 Å². The van der Waals surface area contributed by atoms with Gasteiger partial charge in [0.2, 0.25) is 0 Å². The van der Waals surface area contributed by atoms with Crippen LogP contribution >= 0.6 is 11.6 Å². The molecule has 0 saturated heterocycles. The lowest BCUT2D eigenvalue weighted by molar-refractivity contribution is -0.00256.